The highest BCUT2D eigenvalue weighted by Crippen LogP contribution is 2.22. The van der Waals surface area contributed by atoms with E-state index in [0.29, 0.717) is 57.8 Å². The summed E-state index contributed by atoms with van der Waals surface area (Å²) in [5.74, 6) is -0.843. The van der Waals surface area contributed by atoms with Crippen LogP contribution in [0.1, 0.15) is 36.0 Å². The normalized spacial score (nSPS) is 16.6. The number of carbonyl (C=O) groups is 2. The molecule has 46 heavy (non-hydrogen) atoms. The van der Waals surface area contributed by atoms with Crippen molar-refractivity contribution in [3.05, 3.63) is 101 Å². The van der Waals surface area contributed by atoms with Crippen LogP contribution in [0.15, 0.2) is 83.8 Å². The van der Waals surface area contributed by atoms with Crippen molar-refractivity contribution in [1.29, 1.82) is 0 Å². The summed E-state index contributed by atoms with van der Waals surface area (Å²) < 4.78 is 46.6. The molecule has 2 aliphatic heterocycles. The van der Waals surface area contributed by atoms with Gasteiger partial charge in [-0.05, 0) is 60.2 Å². The number of halogens is 1. The van der Waals surface area contributed by atoms with E-state index in [2.05, 4.69) is 10.2 Å². The minimum atomic E-state index is -3.53. The van der Waals surface area contributed by atoms with Crippen LogP contribution in [0.4, 0.5) is 4.39 Å². The van der Waals surface area contributed by atoms with Crippen molar-refractivity contribution in [2.45, 2.75) is 49.6 Å². The summed E-state index contributed by atoms with van der Waals surface area (Å²) in [6.45, 7) is 5.29. The van der Waals surface area contributed by atoms with Gasteiger partial charge in [0.15, 0.2) is 0 Å². The van der Waals surface area contributed by atoms with Gasteiger partial charge >= 0.3 is 0 Å². The maximum Gasteiger partial charge on any atom is 0.243 e. The molecule has 1 atom stereocenters. The number of nitrogens with one attached hydrogen (secondary N) is 1. The minimum absolute atomic E-state index is 0.117. The molecule has 2 amide bonds. The standard InChI is InChI=1S/C35H43FN4O5S/c36-31-13-8-30(9-14-31)27-40(34(41)17-12-28-10-15-32(16-11-28)46(43,44)39-19-4-5-20-39)33(26-29-6-2-1-3-7-29)35(42)37-18-21-38-22-24-45-25-23-38/h1-3,6-11,13-16,33H,4-5,12,17-27H2,(H,37,42)/t33-/m1/s1. The first kappa shape index (κ1) is 33.7. The van der Waals surface area contributed by atoms with Crippen molar-refractivity contribution in [2.75, 3.05) is 52.5 Å². The second-order valence-corrected chi connectivity index (χ2v) is 13.8. The average molecular weight is 651 g/mol. The monoisotopic (exact) mass is 650 g/mol. The molecule has 5 rings (SSSR count). The quantitative estimate of drug-likeness (QED) is 0.286. The van der Waals surface area contributed by atoms with Crippen molar-refractivity contribution in [2.24, 2.45) is 0 Å². The maximum absolute atomic E-state index is 14.0. The Hall–Kier alpha value is -3.64. The third-order valence-electron chi connectivity index (χ3n) is 8.62. The second-order valence-electron chi connectivity index (χ2n) is 11.9. The Morgan fingerprint density at radius 2 is 1.50 bits per heavy atom. The van der Waals surface area contributed by atoms with Gasteiger partial charge in [-0.25, -0.2) is 12.8 Å². The third-order valence-corrected chi connectivity index (χ3v) is 10.5. The first-order valence-electron chi connectivity index (χ1n) is 16.0. The van der Waals surface area contributed by atoms with Gasteiger partial charge in [-0.2, -0.15) is 4.31 Å². The molecular formula is C35H43FN4O5S. The van der Waals surface area contributed by atoms with E-state index >= 15 is 0 Å². The molecular weight excluding hydrogens is 607 g/mol. The minimum Gasteiger partial charge on any atom is -0.379 e. The van der Waals surface area contributed by atoms with Crippen LogP contribution >= 0.6 is 0 Å². The van der Waals surface area contributed by atoms with Gasteiger partial charge in [0.1, 0.15) is 11.9 Å². The highest BCUT2D eigenvalue weighted by atomic mass is 32.2. The molecule has 246 valence electrons. The number of carbonyl (C=O) groups excluding carboxylic acids is 2. The van der Waals surface area contributed by atoms with Crippen molar-refractivity contribution in [3.8, 4) is 0 Å². The topological polar surface area (TPSA) is 99.3 Å². The van der Waals surface area contributed by atoms with Crippen LogP contribution in [0.5, 0.6) is 0 Å². The molecule has 2 aliphatic rings. The van der Waals surface area contributed by atoms with E-state index in [1.807, 2.05) is 30.3 Å². The molecule has 0 aliphatic carbocycles. The highest BCUT2D eigenvalue weighted by molar-refractivity contribution is 7.89. The fourth-order valence-corrected chi connectivity index (χ4v) is 7.44. The molecule has 1 N–H and O–H groups in total. The van der Waals surface area contributed by atoms with E-state index in [0.717, 1.165) is 37.1 Å². The van der Waals surface area contributed by atoms with Crippen LogP contribution in [0.25, 0.3) is 0 Å². The average Bonchev–Trinajstić information content (AvgIpc) is 3.64. The van der Waals surface area contributed by atoms with E-state index in [9.17, 15) is 22.4 Å². The van der Waals surface area contributed by atoms with Gasteiger partial charge in [-0.15, -0.1) is 0 Å². The van der Waals surface area contributed by atoms with Crippen molar-refractivity contribution < 1.29 is 27.1 Å². The molecule has 2 heterocycles. The Balaban J connectivity index is 1.32. The summed E-state index contributed by atoms with van der Waals surface area (Å²) in [6.07, 6.45) is 2.54. The Bertz CT molecular complexity index is 1530. The van der Waals surface area contributed by atoms with E-state index in [-0.39, 0.29) is 35.5 Å². The van der Waals surface area contributed by atoms with Crippen molar-refractivity contribution >= 4 is 21.8 Å². The van der Waals surface area contributed by atoms with E-state index in [1.165, 1.54) is 16.4 Å². The molecule has 0 saturated carbocycles. The molecule has 0 bridgehead atoms. The lowest BCUT2D eigenvalue weighted by molar-refractivity contribution is -0.141. The van der Waals surface area contributed by atoms with Crippen LogP contribution in [0.2, 0.25) is 0 Å². The molecule has 0 unspecified atom stereocenters. The third kappa shape index (κ3) is 9.22. The molecule has 0 radical (unpaired) electrons. The summed E-state index contributed by atoms with van der Waals surface area (Å²) in [5.41, 5.74) is 2.46. The number of amides is 2. The number of morpholine rings is 1. The number of aryl methyl sites for hydroxylation is 1. The van der Waals surface area contributed by atoms with Crippen LogP contribution in [0, 0.1) is 5.82 Å². The fraction of sp³-hybridized carbons (Fsp3) is 0.429. The van der Waals surface area contributed by atoms with Gasteiger partial charge in [0, 0.05) is 58.7 Å². The summed E-state index contributed by atoms with van der Waals surface area (Å²) in [5, 5.41) is 3.06. The van der Waals surface area contributed by atoms with Gasteiger partial charge in [0.25, 0.3) is 0 Å². The number of sulfonamides is 1. The Morgan fingerprint density at radius 3 is 2.17 bits per heavy atom. The first-order valence-corrected chi connectivity index (χ1v) is 17.5. The van der Waals surface area contributed by atoms with Crippen LogP contribution in [0.3, 0.4) is 0 Å². The highest BCUT2D eigenvalue weighted by Gasteiger charge is 2.31. The zero-order valence-electron chi connectivity index (χ0n) is 26.2. The molecule has 3 aromatic rings. The molecule has 0 spiro atoms. The molecule has 11 heteroatoms. The zero-order valence-corrected chi connectivity index (χ0v) is 27.0. The van der Waals surface area contributed by atoms with Gasteiger partial charge in [-0.3, -0.25) is 14.5 Å². The lowest BCUT2D eigenvalue weighted by atomic mass is 10.0. The van der Waals surface area contributed by atoms with Crippen LogP contribution in [-0.2, 0) is 43.7 Å². The second kappa shape index (κ2) is 16.3. The van der Waals surface area contributed by atoms with Crippen LogP contribution in [-0.4, -0.2) is 92.9 Å². The first-order chi connectivity index (χ1) is 22.3. The van der Waals surface area contributed by atoms with Gasteiger partial charge < -0.3 is 15.0 Å². The Kier molecular flexibility index (Phi) is 11.9. The largest absolute Gasteiger partial charge is 0.379 e. The van der Waals surface area contributed by atoms with E-state index in [4.69, 9.17) is 4.74 Å². The molecule has 9 nitrogen and oxygen atoms in total. The van der Waals surface area contributed by atoms with E-state index in [1.54, 1.807) is 41.3 Å². The summed E-state index contributed by atoms with van der Waals surface area (Å²) in [7, 11) is -3.53. The number of nitrogens with zero attached hydrogens (tertiary/aromatic N) is 3. The smallest absolute Gasteiger partial charge is 0.243 e. The summed E-state index contributed by atoms with van der Waals surface area (Å²) in [4.78, 5) is 31.9. The Labute approximate surface area is 271 Å². The fourth-order valence-electron chi connectivity index (χ4n) is 5.92. The lowest BCUT2D eigenvalue weighted by Crippen LogP contribution is -2.52. The van der Waals surface area contributed by atoms with Crippen LogP contribution < -0.4 is 5.32 Å². The zero-order chi connectivity index (χ0) is 32.4. The molecule has 3 aromatic carbocycles. The SMILES string of the molecule is O=C(NCCN1CCOCC1)[C@@H](Cc1ccccc1)N(Cc1ccc(F)cc1)C(=O)CCc1ccc(S(=O)(=O)N2CCCC2)cc1. The number of hydrogen-bond acceptors (Lipinski definition) is 6. The maximum atomic E-state index is 14.0. The van der Waals surface area contributed by atoms with Gasteiger partial charge in [0.2, 0.25) is 21.8 Å². The van der Waals surface area contributed by atoms with Crippen molar-refractivity contribution in [3.63, 3.8) is 0 Å². The number of ether oxygens (including phenoxy) is 1. The van der Waals surface area contributed by atoms with E-state index < -0.39 is 16.1 Å². The van der Waals surface area contributed by atoms with Crippen molar-refractivity contribution in [1.82, 2.24) is 19.4 Å². The van der Waals surface area contributed by atoms with Gasteiger partial charge in [-0.1, -0.05) is 54.6 Å². The molecule has 2 fully saturated rings. The molecule has 2 saturated heterocycles. The van der Waals surface area contributed by atoms with Gasteiger partial charge in [0.05, 0.1) is 18.1 Å². The predicted molar refractivity (Wildman–Crippen MR) is 174 cm³/mol. The number of hydrogen-bond donors (Lipinski definition) is 1. The molecule has 0 aromatic heterocycles. The summed E-state index contributed by atoms with van der Waals surface area (Å²) >= 11 is 0. The number of rotatable bonds is 14. The Morgan fingerprint density at radius 1 is 0.848 bits per heavy atom. The lowest BCUT2D eigenvalue weighted by Gasteiger charge is -2.32. The summed E-state index contributed by atoms with van der Waals surface area (Å²) in [6, 6.07) is 21.5. The predicted octanol–water partition coefficient (Wildman–Crippen LogP) is 3.63. The number of benzene rings is 3.